The lowest BCUT2D eigenvalue weighted by Gasteiger charge is -2.31. The van der Waals surface area contributed by atoms with E-state index in [2.05, 4.69) is 23.1 Å². The van der Waals surface area contributed by atoms with Crippen molar-refractivity contribution in [1.29, 1.82) is 0 Å². The molecule has 1 aliphatic rings. The van der Waals surface area contributed by atoms with E-state index in [-0.39, 0.29) is 0 Å². The number of aryl methyl sites for hydroxylation is 1. The lowest BCUT2D eigenvalue weighted by Crippen LogP contribution is -2.37. The Morgan fingerprint density at radius 3 is 3.12 bits per heavy atom. The molecule has 1 saturated heterocycles. The van der Waals surface area contributed by atoms with Gasteiger partial charge in [-0.25, -0.2) is 0 Å². The Balaban J connectivity index is 1.88. The van der Waals surface area contributed by atoms with Gasteiger partial charge in [-0.15, -0.1) is 0 Å². The second-order valence-electron chi connectivity index (χ2n) is 4.68. The maximum atomic E-state index is 5.74. The summed E-state index contributed by atoms with van der Waals surface area (Å²) >= 11 is 0. The largest absolute Gasteiger partial charge is 0.330 e. The van der Waals surface area contributed by atoms with Crippen LogP contribution < -0.4 is 5.73 Å². The molecule has 0 bridgehead atoms. The van der Waals surface area contributed by atoms with Crippen molar-refractivity contribution in [2.24, 2.45) is 11.7 Å². The monoisotopic (exact) mass is 222 g/mol. The number of nitrogens with zero attached hydrogens (tertiary/aromatic N) is 3. The van der Waals surface area contributed by atoms with Crippen LogP contribution in [0.5, 0.6) is 0 Å². The van der Waals surface area contributed by atoms with E-state index >= 15 is 0 Å². The molecule has 1 aromatic rings. The number of piperidine rings is 1. The SMILES string of the molecule is CCn1cc(CN2CCC[C@H](CN)C2)cn1. The highest BCUT2D eigenvalue weighted by atomic mass is 15.3. The van der Waals surface area contributed by atoms with Crippen LogP contribution in [0.3, 0.4) is 0 Å². The number of aromatic nitrogens is 2. The van der Waals surface area contributed by atoms with Gasteiger partial charge in [-0.1, -0.05) is 0 Å². The van der Waals surface area contributed by atoms with Crippen molar-refractivity contribution in [2.75, 3.05) is 19.6 Å². The highest BCUT2D eigenvalue weighted by Crippen LogP contribution is 2.17. The summed E-state index contributed by atoms with van der Waals surface area (Å²) in [5.74, 6) is 0.690. The van der Waals surface area contributed by atoms with Gasteiger partial charge in [-0.2, -0.15) is 5.10 Å². The molecule has 0 spiro atoms. The lowest BCUT2D eigenvalue weighted by molar-refractivity contribution is 0.171. The zero-order chi connectivity index (χ0) is 11.4. The molecular weight excluding hydrogens is 200 g/mol. The first-order valence-electron chi connectivity index (χ1n) is 6.25. The van der Waals surface area contributed by atoms with E-state index in [1.54, 1.807) is 0 Å². The van der Waals surface area contributed by atoms with Crippen LogP contribution in [0.2, 0.25) is 0 Å². The standard InChI is InChI=1S/C12H22N4/c1-2-16-10-12(7-14-16)9-15-5-3-4-11(6-13)8-15/h7,10-11H,2-6,8-9,13H2,1H3/t11-/m1/s1. The van der Waals surface area contributed by atoms with Crippen LogP contribution in [-0.4, -0.2) is 34.3 Å². The summed E-state index contributed by atoms with van der Waals surface area (Å²) in [4.78, 5) is 2.50. The van der Waals surface area contributed by atoms with Crippen molar-refractivity contribution >= 4 is 0 Å². The molecule has 0 radical (unpaired) electrons. The normalized spacial score (nSPS) is 22.5. The van der Waals surface area contributed by atoms with Gasteiger partial charge >= 0.3 is 0 Å². The van der Waals surface area contributed by atoms with E-state index in [9.17, 15) is 0 Å². The summed E-state index contributed by atoms with van der Waals surface area (Å²) in [6.07, 6.45) is 6.70. The van der Waals surface area contributed by atoms with E-state index in [1.165, 1.54) is 24.9 Å². The number of likely N-dealkylation sites (tertiary alicyclic amines) is 1. The molecule has 4 heteroatoms. The van der Waals surface area contributed by atoms with E-state index in [0.717, 1.165) is 26.2 Å². The summed E-state index contributed by atoms with van der Waals surface area (Å²) in [5.41, 5.74) is 7.06. The number of hydrogen-bond acceptors (Lipinski definition) is 3. The van der Waals surface area contributed by atoms with Gasteiger partial charge in [-0.05, 0) is 38.8 Å². The van der Waals surface area contributed by atoms with Crippen molar-refractivity contribution in [3.05, 3.63) is 18.0 Å². The smallest absolute Gasteiger partial charge is 0.0534 e. The van der Waals surface area contributed by atoms with Crippen LogP contribution in [0.4, 0.5) is 0 Å². The first-order valence-corrected chi connectivity index (χ1v) is 6.25. The van der Waals surface area contributed by atoms with Gasteiger partial charge in [0.15, 0.2) is 0 Å². The highest BCUT2D eigenvalue weighted by Gasteiger charge is 2.18. The van der Waals surface area contributed by atoms with Crippen LogP contribution in [0.1, 0.15) is 25.3 Å². The van der Waals surface area contributed by atoms with Crippen LogP contribution in [0.25, 0.3) is 0 Å². The van der Waals surface area contributed by atoms with Gasteiger partial charge < -0.3 is 5.73 Å². The molecule has 1 fully saturated rings. The Hall–Kier alpha value is -0.870. The van der Waals surface area contributed by atoms with Gasteiger partial charge in [0.1, 0.15) is 0 Å². The molecule has 0 amide bonds. The van der Waals surface area contributed by atoms with Crippen molar-refractivity contribution in [1.82, 2.24) is 14.7 Å². The van der Waals surface area contributed by atoms with Gasteiger partial charge in [0, 0.05) is 31.4 Å². The maximum Gasteiger partial charge on any atom is 0.0534 e. The first-order chi connectivity index (χ1) is 7.81. The zero-order valence-corrected chi connectivity index (χ0v) is 10.1. The third kappa shape index (κ3) is 2.83. The second kappa shape index (κ2) is 5.46. The molecule has 2 rings (SSSR count). The minimum atomic E-state index is 0.690. The first kappa shape index (κ1) is 11.6. The lowest BCUT2D eigenvalue weighted by atomic mass is 9.98. The van der Waals surface area contributed by atoms with E-state index in [1.807, 2.05) is 10.9 Å². The molecular formula is C12H22N4. The third-order valence-corrected chi connectivity index (χ3v) is 3.35. The van der Waals surface area contributed by atoms with Gasteiger partial charge in [0.2, 0.25) is 0 Å². The summed E-state index contributed by atoms with van der Waals surface area (Å²) in [7, 11) is 0. The minimum absolute atomic E-state index is 0.690. The third-order valence-electron chi connectivity index (χ3n) is 3.35. The fourth-order valence-corrected chi connectivity index (χ4v) is 2.41. The Morgan fingerprint density at radius 1 is 1.56 bits per heavy atom. The molecule has 90 valence electrons. The molecule has 1 atom stereocenters. The Morgan fingerprint density at radius 2 is 2.44 bits per heavy atom. The van der Waals surface area contributed by atoms with E-state index < -0.39 is 0 Å². The summed E-state index contributed by atoms with van der Waals surface area (Å²) < 4.78 is 1.99. The molecule has 0 unspecified atom stereocenters. The molecule has 0 aliphatic carbocycles. The number of hydrogen-bond donors (Lipinski definition) is 1. The Bertz CT molecular complexity index is 321. The Labute approximate surface area is 97.4 Å². The molecule has 4 nitrogen and oxygen atoms in total. The average molecular weight is 222 g/mol. The van der Waals surface area contributed by atoms with Crippen LogP contribution in [-0.2, 0) is 13.1 Å². The van der Waals surface area contributed by atoms with Crippen molar-refractivity contribution in [3.63, 3.8) is 0 Å². The quantitative estimate of drug-likeness (QED) is 0.829. The molecule has 1 aromatic heterocycles. The maximum absolute atomic E-state index is 5.74. The van der Waals surface area contributed by atoms with Gasteiger partial charge in [0.25, 0.3) is 0 Å². The average Bonchev–Trinajstić information content (AvgIpc) is 2.77. The van der Waals surface area contributed by atoms with Crippen LogP contribution in [0.15, 0.2) is 12.4 Å². The summed E-state index contributed by atoms with van der Waals surface area (Å²) in [6.45, 7) is 7.26. The number of nitrogens with two attached hydrogens (primary N) is 1. The van der Waals surface area contributed by atoms with Crippen LogP contribution in [0, 0.1) is 5.92 Å². The molecule has 0 saturated carbocycles. The predicted octanol–water partition coefficient (Wildman–Crippen LogP) is 1.07. The number of rotatable bonds is 4. The highest BCUT2D eigenvalue weighted by molar-refractivity contribution is 5.03. The summed E-state index contributed by atoms with van der Waals surface area (Å²) in [6, 6.07) is 0. The zero-order valence-electron chi connectivity index (χ0n) is 10.1. The van der Waals surface area contributed by atoms with Crippen molar-refractivity contribution < 1.29 is 0 Å². The van der Waals surface area contributed by atoms with Crippen molar-refractivity contribution in [2.45, 2.75) is 32.9 Å². The Kier molecular flexibility index (Phi) is 3.96. The second-order valence-corrected chi connectivity index (χ2v) is 4.68. The molecule has 1 aliphatic heterocycles. The van der Waals surface area contributed by atoms with Gasteiger partial charge in [0.05, 0.1) is 6.20 Å². The van der Waals surface area contributed by atoms with E-state index in [0.29, 0.717) is 5.92 Å². The molecule has 0 aromatic carbocycles. The fourth-order valence-electron chi connectivity index (χ4n) is 2.41. The predicted molar refractivity (Wildman–Crippen MR) is 65.0 cm³/mol. The molecule has 16 heavy (non-hydrogen) atoms. The minimum Gasteiger partial charge on any atom is -0.330 e. The fraction of sp³-hybridized carbons (Fsp3) is 0.750. The molecule has 2 heterocycles. The van der Waals surface area contributed by atoms with Crippen LogP contribution >= 0.6 is 0 Å². The summed E-state index contributed by atoms with van der Waals surface area (Å²) in [5, 5.41) is 4.30. The topological polar surface area (TPSA) is 47.1 Å². The van der Waals surface area contributed by atoms with Gasteiger partial charge in [-0.3, -0.25) is 9.58 Å². The van der Waals surface area contributed by atoms with E-state index in [4.69, 9.17) is 5.73 Å². The van der Waals surface area contributed by atoms with Crippen molar-refractivity contribution in [3.8, 4) is 0 Å². The molecule has 2 N–H and O–H groups in total.